The molecule has 0 saturated carbocycles. The summed E-state index contributed by atoms with van der Waals surface area (Å²) >= 11 is 0. The fourth-order valence-corrected chi connectivity index (χ4v) is 2.02. The fourth-order valence-electron chi connectivity index (χ4n) is 2.02. The van der Waals surface area contributed by atoms with Gasteiger partial charge >= 0.3 is 0 Å². The topological polar surface area (TPSA) is 91.3 Å². The van der Waals surface area contributed by atoms with Crippen molar-refractivity contribution in [3.63, 3.8) is 0 Å². The van der Waals surface area contributed by atoms with E-state index in [0.717, 1.165) is 0 Å². The number of nitrogens with zero attached hydrogens (tertiary/aromatic N) is 2. The van der Waals surface area contributed by atoms with Crippen molar-refractivity contribution in [2.24, 2.45) is 10.9 Å². The first-order chi connectivity index (χ1) is 7.58. The molecule has 1 aliphatic rings. The summed E-state index contributed by atoms with van der Waals surface area (Å²) in [5, 5.41) is 20.6. The Kier molecular flexibility index (Phi) is 4.98. The molecule has 0 amide bonds. The lowest BCUT2D eigenvalue weighted by atomic mass is 10.1. The Labute approximate surface area is 95.7 Å². The van der Waals surface area contributed by atoms with E-state index in [0.29, 0.717) is 19.6 Å². The van der Waals surface area contributed by atoms with Gasteiger partial charge in [0, 0.05) is 25.0 Å². The molecule has 6 heteroatoms. The summed E-state index contributed by atoms with van der Waals surface area (Å²) in [6.07, 6.45) is 0.379. The smallest absolute Gasteiger partial charge is 0.140 e. The van der Waals surface area contributed by atoms with E-state index in [1.54, 1.807) is 0 Å². The first-order valence-electron chi connectivity index (χ1n) is 5.53. The second-order valence-corrected chi connectivity index (χ2v) is 4.33. The highest BCUT2D eigenvalue weighted by molar-refractivity contribution is 5.80. The van der Waals surface area contributed by atoms with Gasteiger partial charge in [-0.25, -0.2) is 0 Å². The Hall–Kier alpha value is -0.850. The zero-order valence-corrected chi connectivity index (χ0v) is 9.83. The Bertz CT molecular complexity index is 247. The standard InChI is InChI=1S/C10H21N3O3/c1-7(3-10(11)12-15)13-4-9(5-14)16-6-8(13)2/h7-9,14-15H,3-6H2,1-2H3,(H2,11,12). The number of hydrogen-bond acceptors (Lipinski definition) is 5. The third-order valence-corrected chi connectivity index (χ3v) is 2.96. The van der Waals surface area contributed by atoms with Gasteiger partial charge in [0.1, 0.15) is 5.84 Å². The number of hydrogen-bond donors (Lipinski definition) is 3. The molecular weight excluding hydrogens is 210 g/mol. The average molecular weight is 231 g/mol. The monoisotopic (exact) mass is 231 g/mol. The molecule has 1 heterocycles. The first-order valence-corrected chi connectivity index (χ1v) is 5.53. The Morgan fingerprint density at radius 2 is 2.38 bits per heavy atom. The zero-order chi connectivity index (χ0) is 12.1. The molecule has 3 atom stereocenters. The largest absolute Gasteiger partial charge is 0.409 e. The van der Waals surface area contributed by atoms with Gasteiger partial charge in [0.2, 0.25) is 0 Å². The Morgan fingerprint density at radius 1 is 1.69 bits per heavy atom. The van der Waals surface area contributed by atoms with E-state index in [2.05, 4.69) is 17.0 Å². The molecule has 0 radical (unpaired) electrons. The number of nitrogens with two attached hydrogens (primary N) is 1. The number of ether oxygens (including phenoxy) is 1. The SMILES string of the molecule is CC1COC(CO)CN1C(C)CC(N)=NO. The minimum atomic E-state index is -0.133. The molecule has 6 nitrogen and oxygen atoms in total. The summed E-state index contributed by atoms with van der Waals surface area (Å²) in [4.78, 5) is 2.21. The predicted molar refractivity (Wildman–Crippen MR) is 60.5 cm³/mol. The highest BCUT2D eigenvalue weighted by Gasteiger charge is 2.29. The van der Waals surface area contributed by atoms with Crippen molar-refractivity contribution >= 4 is 5.84 Å². The Balaban J connectivity index is 2.54. The summed E-state index contributed by atoms with van der Waals surface area (Å²) in [5.74, 6) is 0.228. The van der Waals surface area contributed by atoms with Crippen molar-refractivity contribution in [3.8, 4) is 0 Å². The first kappa shape index (κ1) is 13.2. The summed E-state index contributed by atoms with van der Waals surface area (Å²) in [5.41, 5.74) is 5.49. The van der Waals surface area contributed by atoms with Crippen LogP contribution in [0.2, 0.25) is 0 Å². The van der Waals surface area contributed by atoms with Crippen LogP contribution in [0.15, 0.2) is 5.16 Å². The van der Waals surface area contributed by atoms with Crippen molar-refractivity contribution in [2.45, 2.75) is 38.5 Å². The second-order valence-electron chi connectivity index (χ2n) is 4.33. The number of morpholine rings is 1. The summed E-state index contributed by atoms with van der Waals surface area (Å²) in [6.45, 7) is 5.40. The highest BCUT2D eigenvalue weighted by Crippen LogP contribution is 2.16. The lowest BCUT2D eigenvalue weighted by Crippen LogP contribution is -2.53. The van der Waals surface area contributed by atoms with Crippen LogP contribution in [-0.4, -0.2) is 59.0 Å². The third kappa shape index (κ3) is 3.33. The quantitative estimate of drug-likeness (QED) is 0.265. The molecule has 0 bridgehead atoms. The van der Waals surface area contributed by atoms with E-state index in [1.165, 1.54) is 0 Å². The molecule has 16 heavy (non-hydrogen) atoms. The maximum absolute atomic E-state index is 9.06. The van der Waals surface area contributed by atoms with Crippen molar-refractivity contribution in [3.05, 3.63) is 0 Å². The molecule has 4 N–H and O–H groups in total. The van der Waals surface area contributed by atoms with Gasteiger partial charge in [-0.15, -0.1) is 0 Å². The average Bonchev–Trinajstić information content (AvgIpc) is 2.29. The maximum atomic E-state index is 9.06. The second kappa shape index (κ2) is 6.03. The minimum Gasteiger partial charge on any atom is -0.409 e. The molecule has 1 rings (SSSR count). The lowest BCUT2D eigenvalue weighted by Gasteiger charge is -2.41. The van der Waals surface area contributed by atoms with E-state index in [-0.39, 0.29) is 30.6 Å². The minimum absolute atomic E-state index is 0.0273. The molecule has 0 aromatic rings. The van der Waals surface area contributed by atoms with Crippen LogP contribution >= 0.6 is 0 Å². The van der Waals surface area contributed by atoms with Gasteiger partial charge in [-0.3, -0.25) is 4.90 Å². The highest BCUT2D eigenvalue weighted by atomic mass is 16.5. The summed E-state index contributed by atoms with van der Waals surface area (Å²) < 4.78 is 5.45. The molecule has 1 fully saturated rings. The van der Waals surface area contributed by atoms with Crippen LogP contribution in [-0.2, 0) is 4.74 Å². The molecule has 0 aromatic carbocycles. The van der Waals surface area contributed by atoms with Gasteiger partial charge < -0.3 is 20.8 Å². The normalized spacial score (nSPS) is 30.3. The number of amidine groups is 1. The Morgan fingerprint density at radius 3 is 2.94 bits per heavy atom. The van der Waals surface area contributed by atoms with Crippen LogP contribution in [0, 0.1) is 0 Å². The van der Waals surface area contributed by atoms with E-state index in [1.807, 2.05) is 6.92 Å². The third-order valence-electron chi connectivity index (χ3n) is 2.96. The van der Waals surface area contributed by atoms with E-state index < -0.39 is 0 Å². The van der Waals surface area contributed by atoms with Crippen LogP contribution in [0.4, 0.5) is 0 Å². The molecule has 1 aliphatic heterocycles. The predicted octanol–water partition coefficient (Wildman–Crippen LogP) is -0.407. The van der Waals surface area contributed by atoms with Gasteiger partial charge in [0.15, 0.2) is 0 Å². The fraction of sp³-hybridized carbons (Fsp3) is 0.900. The van der Waals surface area contributed by atoms with Gasteiger partial charge in [-0.2, -0.15) is 0 Å². The van der Waals surface area contributed by atoms with Crippen LogP contribution < -0.4 is 5.73 Å². The molecule has 0 spiro atoms. The van der Waals surface area contributed by atoms with E-state index in [9.17, 15) is 0 Å². The van der Waals surface area contributed by atoms with Gasteiger partial charge in [-0.05, 0) is 13.8 Å². The number of aliphatic hydroxyl groups is 1. The molecule has 94 valence electrons. The molecule has 0 aliphatic carbocycles. The maximum Gasteiger partial charge on any atom is 0.140 e. The van der Waals surface area contributed by atoms with E-state index >= 15 is 0 Å². The van der Waals surface area contributed by atoms with Gasteiger partial charge in [0.25, 0.3) is 0 Å². The van der Waals surface area contributed by atoms with Crippen LogP contribution in [0.25, 0.3) is 0 Å². The summed E-state index contributed by atoms with van der Waals surface area (Å²) in [7, 11) is 0. The van der Waals surface area contributed by atoms with Crippen LogP contribution in [0.3, 0.4) is 0 Å². The number of aliphatic hydroxyl groups excluding tert-OH is 1. The van der Waals surface area contributed by atoms with Crippen molar-refractivity contribution in [1.29, 1.82) is 0 Å². The van der Waals surface area contributed by atoms with Gasteiger partial charge in [0.05, 0.1) is 19.3 Å². The van der Waals surface area contributed by atoms with E-state index in [4.69, 9.17) is 20.8 Å². The van der Waals surface area contributed by atoms with Crippen LogP contribution in [0.1, 0.15) is 20.3 Å². The zero-order valence-electron chi connectivity index (χ0n) is 9.83. The van der Waals surface area contributed by atoms with Crippen LogP contribution in [0.5, 0.6) is 0 Å². The van der Waals surface area contributed by atoms with Crippen molar-refractivity contribution in [2.75, 3.05) is 19.8 Å². The summed E-state index contributed by atoms with van der Waals surface area (Å²) in [6, 6.07) is 0.452. The molecule has 1 saturated heterocycles. The molecule has 0 aromatic heterocycles. The molecular formula is C10H21N3O3. The lowest BCUT2D eigenvalue weighted by molar-refractivity contribution is -0.0882. The number of rotatable bonds is 4. The van der Waals surface area contributed by atoms with Gasteiger partial charge in [-0.1, -0.05) is 5.16 Å². The molecule has 3 unspecified atom stereocenters. The van der Waals surface area contributed by atoms with Crippen molar-refractivity contribution < 1.29 is 15.1 Å². The van der Waals surface area contributed by atoms with Crippen molar-refractivity contribution in [1.82, 2.24) is 4.90 Å². The number of oxime groups is 1.